The normalized spacial score (nSPS) is 13.6. The summed E-state index contributed by atoms with van der Waals surface area (Å²) in [6.45, 7) is 10.4. The number of nitrogens with zero attached hydrogens (tertiary/aromatic N) is 2. The van der Waals surface area contributed by atoms with Gasteiger partial charge in [-0.1, -0.05) is 62.4 Å². The summed E-state index contributed by atoms with van der Waals surface area (Å²) >= 11 is 0. The molecule has 0 aliphatic heterocycles. The van der Waals surface area contributed by atoms with Crippen molar-refractivity contribution in [1.29, 1.82) is 0 Å². The molecule has 7 nitrogen and oxygen atoms in total. The lowest BCUT2D eigenvalue weighted by Crippen LogP contribution is -2.26. The summed E-state index contributed by atoms with van der Waals surface area (Å²) < 4.78 is 23.0. The summed E-state index contributed by atoms with van der Waals surface area (Å²) in [4.78, 5) is 16.1. The number of benzene rings is 3. The summed E-state index contributed by atoms with van der Waals surface area (Å²) in [5.74, 6) is -1.07. The molecule has 0 saturated carbocycles. The number of carboxylic acids is 1. The van der Waals surface area contributed by atoms with Crippen molar-refractivity contribution in [1.82, 2.24) is 4.57 Å². The van der Waals surface area contributed by atoms with Gasteiger partial charge in [-0.3, -0.25) is 4.79 Å². The second-order valence-corrected chi connectivity index (χ2v) is 12.6. The number of para-hydroxylation sites is 1. The van der Waals surface area contributed by atoms with Gasteiger partial charge < -0.3 is 24.6 Å². The number of carboxylic acid groups (broad SMARTS) is 1. The maximum Gasteiger partial charge on any atom is 0.305 e. The van der Waals surface area contributed by atoms with E-state index in [-0.39, 0.29) is 24.6 Å². The number of aliphatic hydroxyl groups is 2. The fourth-order valence-electron chi connectivity index (χ4n) is 5.51. The molecule has 4 rings (SSSR count). The average molecular weight is 615 g/mol. The van der Waals surface area contributed by atoms with Gasteiger partial charge in [0.2, 0.25) is 5.90 Å². The number of aliphatic hydroxyl groups excluding tert-OH is 2. The highest BCUT2D eigenvalue weighted by Gasteiger charge is 2.32. The number of aliphatic imine (C=N–C) groups is 1. The van der Waals surface area contributed by atoms with E-state index in [2.05, 4.69) is 18.4 Å². The van der Waals surface area contributed by atoms with E-state index in [9.17, 15) is 19.4 Å². The Bertz CT molecular complexity index is 1590. The van der Waals surface area contributed by atoms with Gasteiger partial charge in [0.25, 0.3) is 0 Å². The minimum Gasteiger partial charge on any atom is -0.481 e. The predicted octanol–water partition coefficient (Wildman–Crippen LogP) is 7.95. The number of aromatic nitrogens is 1. The fraction of sp³-hybridized carbons (Fsp3) is 0.351. The van der Waals surface area contributed by atoms with Crippen LogP contribution in [-0.2, 0) is 16.1 Å². The first-order chi connectivity index (χ1) is 21.3. The number of hydrogen-bond donors (Lipinski definition) is 3. The van der Waals surface area contributed by atoms with Crippen LogP contribution in [0.4, 0.5) is 10.1 Å². The first-order valence-corrected chi connectivity index (χ1v) is 15.3. The van der Waals surface area contributed by atoms with Crippen molar-refractivity contribution < 1.29 is 29.2 Å². The summed E-state index contributed by atoms with van der Waals surface area (Å²) in [5.41, 5.74) is 5.23. The van der Waals surface area contributed by atoms with Crippen LogP contribution >= 0.6 is 0 Å². The average Bonchev–Trinajstić information content (AvgIpc) is 3.31. The molecule has 0 unspecified atom stereocenters. The fourth-order valence-corrected chi connectivity index (χ4v) is 5.51. The number of aliphatic carboxylic acids is 1. The monoisotopic (exact) mass is 614 g/mol. The van der Waals surface area contributed by atoms with E-state index in [1.165, 1.54) is 12.1 Å². The molecule has 2 atom stereocenters. The SMILES string of the molecule is CC(C)c1c(/C(=N/c2ccccc2)OC(C)(C)C)c(-c2ccccc2)c(-c2ccc(F)cc2)n1CC[C@@H](O)C[C@@H](O)CC(=O)O. The maximum absolute atomic E-state index is 14.2. The van der Waals surface area contributed by atoms with Crippen molar-refractivity contribution in [2.75, 3.05) is 0 Å². The van der Waals surface area contributed by atoms with Crippen LogP contribution in [0.1, 0.15) is 71.1 Å². The van der Waals surface area contributed by atoms with Gasteiger partial charge in [0.15, 0.2) is 0 Å². The summed E-state index contributed by atoms with van der Waals surface area (Å²) in [5, 5.41) is 30.2. The Morgan fingerprint density at radius 1 is 0.889 bits per heavy atom. The Morgan fingerprint density at radius 3 is 2.04 bits per heavy atom. The van der Waals surface area contributed by atoms with Crippen LogP contribution in [0.2, 0.25) is 0 Å². The molecular formula is C37H43FN2O5. The van der Waals surface area contributed by atoms with Crippen molar-refractivity contribution in [3.63, 3.8) is 0 Å². The van der Waals surface area contributed by atoms with Crippen molar-refractivity contribution >= 4 is 17.6 Å². The first-order valence-electron chi connectivity index (χ1n) is 15.3. The Kier molecular flexibility index (Phi) is 11.0. The topological polar surface area (TPSA) is 104 Å². The minimum absolute atomic E-state index is 0.0315. The highest BCUT2D eigenvalue weighted by Crippen LogP contribution is 2.43. The maximum atomic E-state index is 14.2. The zero-order valence-electron chi connectivity index (χ0n) is 26.6. The van der Waals surface area contributed by atoms with Crippen LogP contribution in [-0.4, -0.2) is 49.6 Å². The minimum atomic E-state index is -1.16. The summed E-state index contributed by atoms with van der Waals surface area (Å²) in [6.07, 6.45) is -2.37. The Morgan fingerprint density at radius 2 is 1.49 bits per heavy atom. The molecule has 3 N–H and O–H groups in total. The molecule has 3 aromatic carbocycles. The lowest BCUT2D eigenvalue weighted by molar-refractivity contribution is -0.139. The zero-order valence-corrected chi connectivity index (χ0v) is 26.6. The van der Waals surface area contributed by atoms with Crippen molar-refractivity contribution in [2.24, 2.45) is 4.99 Å². The predicted molar refractivity (Wildman–Crippen MR) is 176 cm³/mol. The molecule has 1 heterocycles. The van der Waals surface area contributed by atoms with Crippen LogP contribution in [0.25, 0.3) is 22.4 Å². The van der Waals surface area contributed by atoms with Crippen LogP contribution in [0, 0.1) is 5.82 Å². The molecule has 0 fully saturated rings. The van der Waals surface area contributed by atoms with Gasteiger partial charge in [-0.15, -0.1) is 0 Å². The third-order valence-corrected chi connectivity index (χ3v) is 7.27. The van der Waals surface area contributed by atoms with Crippen LogP contribution in [0.3, 0.4) is 0 Å². The number of hydrogen-bond acceptors (Lipinski definition) is 5. The van der Waals surface area contributed by atoms with Gasteiger partial charge in [-0.25, -0.2) is 9.38 Å². The third kappa shape index (κ3) is 8.90. The lowest BCUT2D eigenvalue weighted by atomic mass is 9.94. The molecule has 0 saturated heterocycles. The molecule has 0 bridgehead atoms. The van der Waals surface area contributed by atoms with Gasteiger partial charge in [0.1, 0.15) is 11.4 Å². The van der Waals surface area contributed by atoms with Crippen molar-refractivity contribution in [3.8, 4) is 22.4 Å². The van der Waals surface area contributed by atoms with E-state index in [4.69, 9.17) is 14.8 Å². The lowest BCUT2D eigenvalue weighted by Gasteiger charge is -2.25. The van der Waals surface area contributed by atoms with E-state index in [1.807, 2.05) is 81.4 Å². The molecule has 0 aliphatic carbocycles. The summed E-state index contributed by atoms with van der Waals surface area (Å²) in [6, 6.07) is 25.9. The summed E-state index contributed by atoms with van der Waals surface area (Å²) in [7, 11) is 0. The quantitative estimate of drug-likeness (QED) is 0.111. The van der Waals surface area contributed by atoms with E-state index in [0.717, 1.165) is 39.3 Å². The zero-order chi connectivity index (χ0) is 32.7. The van der Waals surface area contributed by atoms with Crippen LogP contribution in [0.15, 0.2) is 89.9 Å². The van der Waals surface area contributed by atoms with E-state index < -0.39 is 30.2 Å². The molecule has 8 heteroatoms. The highest BCUT2D eigenvalue weighted by molar-refractivity contribution is 6.07. The van der Waals surface area contributed by atoms with E-state index >= 15 is 0 Å². The van der Waals surface area contributed by atoms with Gasteiger partial charge in [-0.05, 0) is 87.1 Å². The number of rotatable bonds is 12. The molecule has 0 aliphatic rings. The Labute approximate surface area is 264 Å². The molecule has 0 spiro atoms. The Hall–Kier alpha value is -4.27. The standard InChI is InChI=1S/C37H43FN2O5/c1-24(2)34-33(36(45-37(3,4)5)39-28-14-10-7-11-15-28)32(25-12-8-6-9-13-25)35(26-16-18-27(38)19-17-26)40(34)21-20-29(41)22-30(42)23-31(43)44/h6-19,24,29-30,41-42H,20-23H2,1-5H3,(H,43,44)/b39-36-/t29-,30-/m1/s1. The second-order valence-electron chi connectivity index (χ2n) is 12.6. The largest absolute Gasteiger partial charge is 0.481 e. The number of carbonyl (C=O) groups is 1. The third-order valence-electron chi connectivity index (χ3n) is 7.27. The second kappa shape index (κ2) is 14.7. The molecule has 238 valence electrons. The van der Waals surface area contributed by atoms with Gasteiger partial charge in [0.05, 0.1) is 35.6 Å². The first kappa shape index (κ1) is 33.6. The molecule has 45 heavy (non-hydrogen) atoms. The molecular weight excluding hydrogens is 571 g/mol. The number of halogens is 1. The van der Waals surface area contributed by atoms with Crippen LogP contribution in [0.5, 0.6) is 0 Å². The van der Waals surface area contributed by atoms with Crippen molar-refractivity contribution in [2.45, 2.75) is 84.2 Å². The van der Waals surface area contributed by atoms with E-state index in [1.54, 1.807) is 12.1 Å². The molecule has 1 aromatic heterocycles. The molecule has 4 aromatic rings. The molecule has 0 radical (unpaired) electrons. The van der Waals surface area contributed by atoms with Crippen molar-refractivity contribution in [3.05, 3.63) is 102 Å². The van der Waals surface area contributed by atoms with Gasteiger partial charge >= 0.3 is 5.97 Å². The van der Waals surface area contributed by atoms with Gasteiger partial charge in [0, 0.05) is 17.8 Å². The smallest absolute Gasteiger partial charge is 0.305 e. The number of ether oxygens (including phenoxy) is 1. The van der Waals surface area contributed by atoms with E-state index in [0.29, 0.717) is 12.4 Å². The molecule has 0 amide bonds. The Balaban J connectivity index is 2.03. The van der Waals surface area contributed by atoms with Crippen LogP contribution < -0.4 is 0 Å². The highest BCUT2D eigenvalue weighted by atomic mass is 19.1. The van der Waals surface area contributed by atoms with Gasteiger partial charge in [-0.2, -0.15) is 0 Å².